The fourth-order valence-electron chi connectivity index (χ4n) is 4.23. The molecule has 0 spiro atoms. The summed E-state index contributed by atoms with van der Waals surface area (Å²) in [5.74, 6) is 0.924. The molecule has 0 amide bonds. The Balaban J connectivity index is 1.72. The molecular weight excluding hydrogens is 371 g/mol. The lowest BCUT2D eigenvalue weighted by Gasteiger charge is -2.30. The highest BCUT2D eigenvalue weighted by atomic mass is 19.1. The Labute approximate surface area is 167 Å². The van der Waals surface area contributed by atoms with E-state index in [1.54, 1.807) is 25.4 Å². The second kappa shape index (κ2) is 7.36. The minimum absolute atomic E-state index is 0.165. The number of aromatic nitrogens is 6. The van der Waals surface area contributed by atoms with E-state index in [-0.39, 0.29) is 18.0 Å². The van der Waals surface area contributed by atoms with Crippen molar-refractivity contribution < 1.29 is 9.13 Å². The monoisotopic (exact) mass is 392 g/mol. The van der Waals surface area contributed by atoms with Gasteiger partial charge >= 0.3 is 0 Å². The summed E-state index contributed by atoms with van der Waals surface area (Å²) in [6.07, 6.45) is 7.31. The fourth-order valence-corrected chi connectivity index (χ4v) is 4.23. The molecule has 0 bridgehead atoms. The summed E-state index contributed by atoms with van der Waals surface area (Å²) in [4.78, 5) is 13.4. The second-order valence-corrected chi connectivity index (χ2v) is 7.36. The predicted molar refractivity (Wildman–Crippen MR) is 107 cm³/mol. The van der Waals surface area contributed by atoms with E-state index in [2.05, 4.69) is 24.7 Å². The number of pyridine rings is 1. The molecule has 1 N–H and O–H groups in total. The van der Waals surface area contributed by atoms with E-state index in [1.807, 2.05) is 12.1 Å². The topological polar surface area (TPSA) is 81.5 Å². The minimum Gasteiger partial charge on any atom is -0.381 e. The molecule has 1 saturated carbocycles. The van der Waals surface area contributed by atoms with Crippen LogP contribution in [0, 0.1) is 5.82 Å². The SMILES string of the molecule is CO[C@@H]1CCC[C@@H](n2c(-c3ccccc3F)nc3cnc(-c4ncn[nH]4)cc32)C1. The number of aromatic amines is 1. The maximum Gasteiger partial charge on any atom is 0.174 e. The zero-order valence-corrected chi connectivity index (χ0v) is 16.0. The van der Waals surface area contributed by atoms with Crippen LogP contribution in [-0.4, -0.2) is 42.9 Å². The smallest absolute Gasteiger partial charge is 0.174 e. The number of halogens is 1. The van der Waals surface area contributed by atoms with Crippen LogP contribution in [0.3, 0.4) is 0 Å². The highest BCUT2D eigenvalue weighted by molar-refractivity contribution is 5.83. The Hall–Kier alpha value is -3.13. The standard InChI is InChI=1S/C21H21FN6O/c1-29-14-6-4-5-13(9-14)28-19-10-17(20-24-12-25-27-20)23-11-18(19)26-21(28)15-7-2-3-8-16(15)22/h2-3,7-8,10-14H,4-6,9H2,1H3,(H,24,25,27)/t13-,14-/m1/s1. The molecule has 0 aliphatic heterocycles. The van der Waals surface area contributed by atoms with Gasteiger partial charge in [-0.2, -0.15) is 5.10 Å². The van der Waals surface area contributed by atoms with Crippen molar-refractivity contribution in [1.29, 1.82) is 0 Å². The molecule has 8 heteroatoms. The first-order valence-corrected chi connectivity index (χ1v) is 9.76. The maximum atomic E-state index is 14.7. The van der Waals surface area contributed by atoms with Gasteiger partial charge in [0.05, 0.1) is 23.4 Å². The van der Waals surface area contributed by atoms with Crippen molar-refractivity contribution >= 4 is 11.0 Å². The third-order valence-electron chi connectivity index (χ3n) is 5.65. The summed E-state index contributed by atoms with van der Waals surface area (Å²) in [5.41, 5.74) is 2.80. The van der Waals surface area contributed by atoms with Crippen LogP contribution in [0.2, 0.25) is 0 Å². The molecule has 3 aromatic heterocycles. The normalized spacial score (nSPS) is 19.7. The molecule has 0 radical (unpaired) electrons. The average molecular weight is 392 g/mol. The molecule has 5 rings (SSSR count). The molecule has 1 fully saturated rings. The van der Waals surface area contributed by atoms with Gasteiger partial charge in [-0.3, -0.25) is 10.1 Å². The molecule has 4 aromatic rings. The molecule has 3 heterocycles. The van der Waals surface area contributed by atoms with E-state index in [1.165, 1.54) is 12.4 Å². The molecule has 1 aromatic carbocycles. The summed E-state index contributed by atoms with van der Waals surface area (Å²) in [7, 11) is 1.75. The molecule has 1 aliphatic rings. The zero-order valence-electron chi connectivity index (χ0n) is 16.0. The quantitative estimate of drug-likeness (QED) is 0.564. The summed E-state index contributed by atoms with van der Waals surface area (Å²) < 4.78 is 22.5. The van der Waals surface area contributed by atoms with Crippen LogP contribution in [-0.2, 0) is 4.74 Å². The van der Waals surface area contributed by atoms with Gasteiger partial charge in [-0.15, -0.1) is 0 Å². The highest BCUT2D eigenvalue weighted by Gasteiger charge is 2.28. The van der Waals surface area contributed by atoms with Crippen LogP contribution >= 0.6 is 0 Å². The third-order valence-corrected chi connectivity index (χ3v) is 5.65. The summed E-state index contributed by atoms with van der Waals surface area (Å²) >= 11 is 0. The van der Waals surface area contributed by atoms with Crippen molar-refractivity contribution in [3.05, 3.63) is 48.7 Å². The average Bonchev–Trinajstić information content (AvgIpc) is 3.41. The Bertz CT molecular complexity index is 1140. The summed E-state index contributed by atoms with van der Waals surface area (Å²) in [6.45, 7) is 0. The third kappa shape index (κ3) is 3.19. The maximum absolute atomic E-state index is 14.7. The predicted octanol–water partition coefficient (Wildman–Crippen LogP) is 4.15. The van der Waals surface area contributed by atoms with Crippen LogP contribution in [0.25, 0.3) is 33.9 Å². The van der Waals surface area contributed by atoms with Gasteiger partial charge in [0.25, 0.3) is 0 Å². The van der Waals surface area contributed by atoms with Crippen molar-refractivity contribution in [3.8, 4) is 22.9 Å². The first-order valence-electron chi connectivity index (χ1n) is 9.76. The molecule has 148 valence electrons. The van der Waals surface area contributed by atoms with Gasteiger partial charge in [0, 0.05) is 13.2 Å². The molecule has 0 unspecified atom stereocenters. The first-order chi connectivity index (χ1) is 14.2. The van der Waals surface area contributed by atoms with Gasteiger partial charge < -0.3 is 9.30 Å². The molecule has 7 nitrogen and oxygen atoms in total. The number of ether oxygens (including phenoxy) is 1. The van der Waals surface area contributed by atoms with Crippen molar-refractivity contribution in [3.63, 3.8) is 0 Å². The minimum atomic E-state index is -0.286. The number of hydrogen-bond acceptors (Lipinski definition) is 5. The number of nitrogens with zero attached hydrogens (tertiary/aromatic N) is 5. The van der Waals surface area contributed by atoms with Crippen LogP contribution < -0.4 is 0 Å². The first kappa shape index (κ1) is 17.9. The Morgan fingerprint density at radius 2 is 2.10 bits per heavy atom. The van der Waals surface area contributed by atoms with E-state index in [0.717, 1.165) is 36.7 Å². The molecular formula is C21H21FN6O. The Morgan fingerprint density at radius 1 is 1.21 bits per heavy atom. The Morgan fingerprint density at radius 3 is 2.90 bits per heavy atom. The van der Waals surface area contributed by atoms with Crippen LogP contribution in [0.15, 0.2) is 42.9 Å². The number of rotatable bonds is 4. The molecule has 29 heavy (non-hydrogen) atoms. The van der Waals surface area contributed by atoms with Gasteiger partial charge in [-0.05, 0) is 43.9 Å². The van der Waals surface area contributed by atoms with E-state index in [0.29, 0.717) is 22.9 Å². The second-order valence-electron chi connectivity index (χ2n) is 7.36. The number of H-pyrrole nitrogens is 1. The van der Waals surface area contributed by atoms with E-state index in [9.17, 15) is 4.39 Å². The van der Waals surface area contributed by atoms with E-state index < -0.39 is 0 Å². The van der Waals surface area contributed by atoms with Crippen molar-refractivity contribution in [2.45, 2.75) is 37.8 Å². The van der Waals surface area contributed by atoms with Gasteiger partial charge in [0.15, 0.2) is 5.82 Å². The van der Waals surface area contributed by atoms with Gasteiger partial charge in [0.2, 0.25) is 0 Å². The lowest BCUT2D eigenvalue weighted by atomic mass is 9.92. The van der Waals surface area contributed by atoms with Crippen molar-refractivity contribution in [2.24, 2.45) is 0 Å². The number of hydrogen-bond donors (Lipinski definition) is 1. The van der Waals surface area contributed by atoms with Crippen LogP contribution in [0.5, 0.6) is 0 Å². The summed E-state index contributed by atoms with van der Waals surface area (Å²) in [6, 6.07) is 8.88. The van der Waals surface area contributed by atoms with E-state index >= 15 is 0 Å². The largest absolute Gasteiger partial charge is 0.381 e. The van der Waals surface area contributed by atoms with Crippen molar-refractivity contribution in [2.75, 3.05) is 7.11 Å². The van der Waals surface area contributed by atoms with E-state index in [4.69, 9.17) is 9.72 Å². The Kier molecular flexibility index (Phi) is 4.55. The van der Waals surface area contributed by atoms with Gasteiger partial charge in [-0.1, -0.05) is 12.1 Å². The number of benzene rings is 1. The number of nitrogens with one attached hydrogen (secondary N) is 1. The lowest BCUT2D eigenvalue weighted by molar-refractivity contribution is 0.0540. The molecule has 1 aliphatic carbocycles. The number of fused-ring (bicyclic) bond motifs is 1. The van der Waals surface area contributed by atoms with Crippen molar-refractivity contribution in [1.82, 2.24) is 29.7 Å². The number of imidazole rings is 1. The zero-order chi connectivity index (χ0) is 19.8. The van der Waals surface area contributed by atoms with Gasteiger partial charge in [0.1, 0.15) is 29.2 Å². The van der Waals surface area contributed by atoms with Crippen LogP contribution in [0.4, 0.5) is 4.39 Å². The molecule has 0 saturated heterocycles. The fraction of sp³-hybridized carbons (Fsp3) is 0.333. The molecule has 2 atom stereocenters. The number of methoxy groups -OCH3 is 1. The highest BCUT2D eigenvalue weighted by Crippen LogP contribution is 2.37. The lowest BCUT2D eigenvalue weighted by Crippen LogP contribution is -2.24. The van der Waals surface area contributed by atoms with Crippen LogP contribution in [0.1, 0.15) is 31.7 Å². The summed E-state index contributed by atoms with van der Waals surface area (Å²) in [5, 5.41) is 6.76. The van der Waals surface area contributed by atoms with Gasteiger partial charge in [-0.25, -0.2) is 14.4 Å².